The van der Waals surface area contributed by atoms with Gasteiger partial charge in [-0.2, -0.15) is 0 Å². The molecule has 0 radical (unpaired) electrons. The molecule has 0 bridgehead atoms. The second-order valence-corrected chi connectivity index (χ2v) is 4.86. The predicted octanol–water partition coefficient (Wildman–Crippen LogP) is 1.69. The van der Waals surface area contributed by atoms with Crippen LogP contribution in [0.5, 0.6) is 0 Å². The fraction of sp³-hybridized carbons (Fsp3) is 0.429. The minimum Gasteiger partial charge on any atom is -0.370 e. The Morgan fingerprint density at radius 2 is 1.82 bits per heavy atom. The van der Waals surface area contributed by atoms with Crippen LogP contribution in [0.4, 0.5) is 5.69 Å². The molecule has 2 aliphatic rings. The van der Waals surface area contributed by atoms with Crippen molar-refractivity contribution < 1.29 is 0 Å². The molecule has 90 valence electrons. The van der Waals surface area contributed by atoms with Gasteiger partial charge >= 0.3 is 0 Å². The van der Waals surface area contributed by atoms with Crippen LogP contribution < -0.4 is 15.5 Å². The number of nitrogens with zero attached hydrogens (tertiary/aromatic N) is 1. The van der Waals surface area contributed by atoms with E-state index in [1.165, 1.54) is 11.4 Å². The summed E-state index contributed by atoms with van der Waals surface area (Å²) in [6.45, 7) is 7.25. The molecule has 0 aromatic heterocycles. The molecule has 3 nitrogen and oxygen atoms in total. The number of hydrogen-bond acceptors (Lipinski definition) is 3. The zero-order chi connectivity index (χ0) is 11.7. The smallest absolute Gasteiger partial charge is 0.0884 e. The summed E-state index contributed by atoms with van der Waals surface area (Å²) >= 11 is 0. The van der Waals surface area contributed by atoms with Crippen molar-refractivity contribution in [3.8, 4) is 0 Å². The van der Waals surface area contributed by atoms with Crippen LogP contribution in [-0.4, -0.2) is 25.3 Å². The van der Waals surface area contributed by atoms with E-state index in [1.807, 2.05) is 0 Å². The van der Waals surface area contributed by atoms with Gasteiger partial charge in [0.2, 0.25) is 0 Å². The van der Waals surface area contributed by atoms with Gasteiger partial charge < -0.3 is 15.5 Å². The molecule has 2 heterocycles. The number of benzene rings is 1. The molecule has 0 saturated carbocycles. The first kappa shape index (κ1) is 10.7. The maximum absolute atomic E-state index is 4.23. The van der Waals surface area contributed by atoms with E-state index in [0.717, 1.165) is 32.6 Å². The Morgan fingerprint density at radius 1 is 1.12 bits per heavy atom. The summed E-state index contributed by atoms with van der Waals surface area (Å²) in [6, 6.07) is 10.6. The maximum Gasteiger partial charge on any atom is 0.0884 e. The molecule has 0 amide bonds. The minimum absolute atomic E-state index is 0.118. The number of para-hydroxylation sites is 1. The third-order valence-electron chi connectivity index (χ3n) is 4.03. The van der Waals surface area contributed by atoms with Crippen molar-refractivity contribution in [3.63, 3.8) is 0 Å². The van der Waals surface area contributed by atoms with Crippen LogP contribution in [0.15, 0.2) is 42.6 Å². The summed E-state index contributed by atoms with van der Waals surface area (Å²) < 4.78 is 0. The van der Waals surface area contributed by atoms with Crippen molar-refractivity contribution in [1.29, 1.82) is 0 Å². The fourth-order valence-corrected chi connectivity index (χ4v) is 3.01. The third-order valence-corrected chi connectivity index (χ3v) is 4.03. The fourth-order valence-electron chi connectivity index (χ4n) is 3.01. The summed E-state index contributed by atoms with van der Waals surface area (Å²) in [5.74, 6) is 0. The highest BCUT2D eigenvalue weighted by Crippen LogP contribution is 2.38. The van der Waals surface area contributed by atoms with Crippen LogP contribution in [0.3, 0.4) is 0 Å². The molecular weight excluding hydrogens is 210 g/mol. The molecule has 3 rings (SSSR count). The number of piperidine rings is 1. The lowest BCUT2D eigenvalue weighted by Gasteiger charge is -2.42. The second kappa shape index (κ2) is 4.08. The van der Waals surface area contributed by atoms with E-state index in [9.17, 15) is 0 Å². The zero-order valence-electron chi connectivity index (χ0n) is 10.1. The molecular formula is C14H19N3. The van der Waals surface area contributed by atoms with Crippen LogP contribution in [0.2, 0.25) is 0 Å². The van der Waals surface area contributed by atoms with Crippen molar-refractivity contribution in [2.45, 2.75) is 18.4 Å². The summed E-state index contributed by atoms with van der Waals surface area (Å²) in [4.78, 5) is 2.47. The van der Waals surface area contributed by atoms with Crippen LogP contribution >= 0.6 is 0 Å². The number of rotatable bonds is 1. The second-order valence-electron chi connectivity index (χ2n) is 4.86. The quantitative estimate of drug-likeness (QED) is 0.767. The van der Waals surface area contributed by atoms with Crippen molar-refractivity contribution in [1.82, 2.24) is 10.6 Å². The lowest BCUT2D eigenvalue weighted by molar-refractivity contribution is 0.358. The predicted molar refractivity (Wildman–Crippen MR) is 70.9 cm³/mol. The van der Waals surface area contributed by atoms with E-state index >= 15 is 0 Å². The Kier molecular flexibility index (Phi) is 2.56. The number of nitrogens with one attached hydrogen (secondary N) is 2. The first-order chi connectivity index (χ1) is 8.33. The average molecular weight is 229 g/mol. The van der Waals surface area contributed by atoms with Gasteiger partial charge in [0.1, 0.15) is 0 Å². The molecule has 1 aromatic rings. The first-order valence-electron chi connectivity index (χ1n) is 6.30. The topological polar surface area (TPSA) is 27.3 Å². The molecule has 1 spiro atoms. The lowest BCUT2D eigenvalue weighted by atomic mass is 9.85. The lowest BCUT2D eigenvalue weighted by Crippen LogP contribution is -2.52. The zero-order valence-corrected chi connectivity index (χ0v) is 10.1. The third kappa shape index (κ3) is 1.62. The van der Waals surface area contributed by atoms with Gasteiger partial charge in [0, 0.05) is 11.4 Å². The highest BCUT2D eigenvalue weighted by Gasteiger charge is 2.44. The largest absolute Gasteiger partial charge is 0.370 e. The molecule has 2 saturated heterocycles. The molecule has 2 aliphatic heterocycles. The van der Waals surface area contributed by atoms with E-state index in [1.54, 1.807) is 0 Å². The van der Waals surface area contributed by atoms with Crippen LogP contribution in [0.1, 0.15) is 12.8 Å². The molecule has 0 unspecified atom stereocenters. The highest BCUT2D eigenvalue weighted by molar-refractivity contribution is 5.54. The average Bonchev–Trinajstić information content (AvgIpc) is 2.69. The summed E-state index contributed by atoms with van der Waals surface area (Å²) in [7, 11) is 0. The Labute approximate surface area is 103 Å². The van der Waals surface area contributed by atoms with E-state index < -0.39 is 0 Å². The van der Waals surface area contributed by atoms with Gasteiger partial charge in [-0.15, -0.1) is 0 Å². The van der Waals surface area contributed by atoms with E-state index in [2.05, 4.69) is 52.4 Å². The first-order valence-corrected chi connectivity index (χ1v) is 6.30. The summed E-state index contributed by atoms with van der Waals surface area (Å²) in [5.41, 5.74) is 2.59. The van der Waals surface area contributed by atoms with Gasteiger partial charge in [-0.25, -0.2) is 0 Å². The Bertz CT molecular complexity index is 407. The van der Waals surface area contributed by atoms with Gasteiger partial charge in [0.25, 0.3) is 0 Å². The monoisotopic (exact) mass is 229 g/mol. The molecule has 3 heteroatoms. The van der Waals surface area contributed by atoms with Crippen LogP contribution in [0.25, 0.3) is 0 Å². The van der Waals surface area contributed by atoms with E-state index in [0.29, 0.717) is 0 Å². The van der Waals surface area contributed by atoms with Gasteiger partial charge in [-0.3, -0.25) is 0 Å². The normalized spacial score (nSPS) is 22.8. The van der Waals surface area contributed by atoms with Crippen LogP contribution in [-0.2, 0) is 0 Å². The van der Waals surface area contributed by atoms with Gasteiger partial charge in [-0.05, 0) is 38.1 Å². The van der Waals surface area contributed by atoms with Crippen molar-refractivity contribution >= 4 is 5.69 Å². The summed E-state index contributed by atoms with van der Waals surface area (Å²) in [5, 5.41) is 6.87. The van der Waals surface area contributed by atoms with Gasteiger partial charge in [0.05, 0.1) is 12.2 Å². The standard InChI is InChI=1S/C14H19N3/c1-12-14(7-9-15-10-8-14)17(11-16-12)13-5-3-2-4-6-13/h2-6,15-16H,1,7-11H2. The molecule has 0 aliphatic carbocycles. The van der Waals surface area contributed by atoms with E-state index in [4.69, 9.17) is 0 Å². The molecule has 1 aromatic carbocycles. The number of anilines is 1. The SMILES string of the molecule is C=C1NCN(c2ccccc2)C12CCNCC2. The summed E-state index contributed by atoms with van der Waals surface area (Å²) in [6.07, 6.45) is 2.27. The Balaban J connectivity index is 1.96. The van der Waals surface area contributed by atoms with Crippen molar-refractivity contribution in [2.24, 2.45) is 0 Å². The van der Waals surface area contributed by atoms with Gasteiger partial charge in [0.15, 0.2) is 0 Å². The molecule has 0 atom stereocenters. The molecule has 17 heavy (non-hydrogen) atoms. The molecule has 2 N–H and O–H groups in total. The van der Waals surface area contributed by atoms with Crippen molar-refractivity contribution in [3.05, 3.63) is 42.6 Å². The molecule has 2 fully saturated rings. The Hall–Kier alpha value is -1.48. The van der Waals surface area contributed by atoms with Crippen molar-refractivity contribution in [2.75, 3.05) is 24.7 Å². The van der Waals surface area contributed by atoms with E-state index in [-0.39, 0.29) is 5.54 Å². The maximum atomic E-state index is 4.23. The van der Waals surface area contributed by atoms with Crippen LogP contribution in [0, 0.1) is 0 Å². The Morgan fingerprint density at radius 3 is 2.53 bits per heavy atom. The highest BCUT2D eigenvalue weighted by atomic mass is 15.4. The van der Waals surface area contributed by atoms with Gasteiger partial charge in [-0.1, -0.05) is 24.8 Å². The minimum atomic E-state index is 0.118. The number of hydrogen-bond donors (Lipinski definition) is 2.